The van der Waals surface area contributed by atoms with Crippen molar-refractivity contribution in [2.24, 2.45) is 11.3 Å². The highest BCUT2D eigenvalue weighted by molar-refractivity contribution is 7.89. The van der Waals surface area contributed by atoms with Crippen LogP contribution in [0, 0.1) is 11.3 Å². The van der Waals surface area contributed by atoms with E-state index in [1.807, 2.05) is 36.4 Å². The molecule has 15 heteroatoms. The summed E-state index contributed by atoms with van der Waals surface area (Å²) in [6.45, 7) is 5.97. The van der Waals surface area contributed by atoms with E-state index in [0.717, 1.165) is 41.2 Å². The van der Waals surface area contributed by atoms with Gasteiger partial charge in [-0.3, -0.25) is 14.5 Å². The minimum absolute atomic E-state index is 0.00197. The van der Waals surface area contributed by atoms with Gasteiger partial charge in [-0.05, 0) is 70.3 Å². The van der Waals surface area contributed by atoms with Gasteiger partial charge in [0.2, 0.25) is 28.6 Å². The standard InChI is InChI=1S/C40H48N4O10S/c1-40(2,3)35(41-36(45)34(25-11-6-5-7-12-25)42-55(49,50)30-15-14-24-10-8-9-13-26(24)16-30)37(46)44-22-29(19-31(44)38(47)51-4)54-39(48)43-20-27-17-32-33(53-23-52-32)18-28(27)21-43/h8-10,13-18,25,29,31,34-35,42H,5-7,11-12,19-23H2,1-4H3,(H,41,45)/t29-,31+,34+,35-/m1/s1. The predicted molar refractivity (Wildman–Crippen MR) is 200 cm³/mol. The first-order chi connectivity index (χ1) is 26.2. The number of carbonyl (C=O) groups excluding carboxylic acids is 4. The number of sulfonamides is 1. The van der Waals surface area contributed by atoms with Crippen molar-refractivity contribution in [2.75, 3.05) is 20.4 Å². The first-order valence-corrected chi connectivity index (χ1v) is 20.3. The van der Waals surface area contributed by atoms with E-state index < -0.39 is 63.5 Å². The van der Waals surface area contributed by atoms with Crippen molar-refractivity contribution in [3.63, 3.8) is 0 Å². The van der Waals surface area contributed by atoms with Gasteiger partial charge in [-0.25, -0.2) is 18.0 Å². The second-order valence-electron chi connectivity index (χ2n) is 15.9. The van der Waals surface area contributed by atoms with E-state index in [4.69, 9.17) is 18.9 Å². The topological polar surface area (TPSA) is 170 Å². The van der Waals surface area contributed by atoms with Crippen molar-refractivity contribution in [1.82, 2.24) is 19.8 Å². The van der Waals surface area contributed by atoms with Crippen molar-refractivity contribution >= 4 is 44.7 Å². The molecule has 0 unspecified atom stereocenters. The summed E-state index contributed by atoms with van der Waals surface area (Å²) in [7, 11) is -2.94. The summed E-state index contributed by atoms with van der Waals surface area (Å²) in [5, 5.41) is 4.53. The molecule has 4 aliphatic rings. The molecule has 3 aromatic rings. The molecule has 1 aliphatic carbocycles. The molecule has 0 aromatic heterocycles. The highest BCUT2D eigenvalue weighted by Crippen LogP contribution is 2.39. The molecule has 55 heavy (non-hydrogen) atoms. The summed E-state index contributed by atoms with van der Waals surface area (Å²) >= 11 is 0. The largest absolute Gasteiger partial charge is 0.467 e. The number of fused-ring (bicyclic) bond motifs is 3. The van der Waals surface area contributed by atoms with Crippen LogP contribution in [0.4, 0.5) is 4.79 Å². The predicted octanol–water partition coefficient (Wildman–Crippen LogP) is 4.62. The second-order valence-corrected chi connectivity index (χ2v) is 17.6. The molecule has 7 rings (SSSR count). The van der Waals surface area contributed by atoms with Gasteiger partial charge in [0.1, 0.15) is 24.2 Å². The van der Waals surface area contributed by atoms with Crippen molar-refractivity contribution in [1.29, 1.82) is 0 Å². The number of likely N-dealkylation sites (tertiary alicyclic amines) is 1. The zero-order chi connectivity index (χ0) is 39.1. The first-order valence-electron chi connectivity index (χ1n) is 18.8. The fourth-order valence-corrected chi connectivity index (χ4v) is 9.37. The number of hydrogen-bond donors (Lipinski definition) is 2. The number of ether oxygens (including phenoxy) is 4. The summed E-state index contributed by atoms with van der Waals surface area (Å²) in [5.41, 5.74) is 0.948. The van der Waals surface area contributed by atoms with Crippen LogP contribution in [0.25, 0.3) is 10.8 Å². The molecule has 2 N–H and O–H groups in total. The van der Waals surface area contributed by atoms with Gasteiger partial charge in [0.05, 0.1) is 18.6 Å². The zero-order valence-electron chi connectivity index (χ0n) is 31.5. The first kappa shape index (κ1) is 38.4. The molecule has 3 amide bonds. The molecule has 1 saturated carbocycles. The van der Waals surface area contributed by atoms with Gasteiger partial charge in [-0.2, -0.15) is 4.72 Å². The van der Waals surface area contributed by atoms with Crippen LogP contribution in [0.2, 0.25) is 0 Å². The zero-order valence-corrected chi connectivity index (χ0v) is 32.4. The smallest absolute Gasteiger partial charge is 0.410 e. The Kier molecular flexibility index (Phi) is 10.7. The number of nitrogens with one attached hydrogen (secondary N) is 2. The van der Waals surface area contributed by atoms with Gasteiger partial charge in [0, 0.05) is 19.5 Å². The maximum atomic E-state index is 14.5. The van der Waals surface area contributed by atoms with Crippen molar-refractivity contribution in [3.05, 3.63) is 65.7 Å². The maximum Gasteiger partial charge on any atom is 0.410 e. The Balaban J connectivity index is 1.08. The summed E-state index contributed by atoms with van der Waals surface area (Å²) in [6.07, 6.45) is 2.52. The molecule has 3 aliphatic heterocycles. The molecule has 4 atom stereocenters. The number of methoxy groups -OCH3 is 1. The molecule has 2 fully saturated rings. The SMILES string of the molecule is COC(=O)[C@@H]1C[C@@H](OC(=O)N2Cc3cc4c(cc3C2)OCO4)CN1C(=O)[C@@H](NC(=O)[C@@H](NS(=O)(=O)c1ccc2ccccc2c1)C1CCCCC1)C(C)(C)C. The van der Waals surface area contributed by atoms with Crippen LogP contribution in [0.3, 0.4) is 0 Å². The molecule has 3 aromatic carbocycles. The van der Waals surface area contributed by atoms with Gasteiger partial charge in [0.15, 0.2) is 11.5 Å². The average molecular weight is 777 g/mol. The minimum Gasteiger partial charge on any atom is -0.467 e. The van der Waals surface area contributed by atoms with Crippen LogP contribution in [-0.2, 0) is 47.0 Å². The lowest BCUT2D eigenvalue weighted by atomic mass is 9.82. The fourth-order valence-electron chi connectivity index (χ4n) is 8.07. The number of esters is 1. The van der Waals surface area contributed by atoms with Gasteiger partial charge < -0.3 is 29.2 Å². The quantitative estimate of drug-likeness (QED) is 0.293. The van der Waals surface area contributed by atoms with Gasteiger partial charge in [0.25, 0.3) is 0 Å². The van der Waals surface area contributed by atoms with E-state index in [9.17, 15) is 27.6 Å². The van der Waals surface area contributed by atoms with Crippen LogP contribution >= 0.6 is 0 Å². The summed E-state index contributed by atoms with van der Waals surface area (Å²) in [6, 6.07) is 12.5. The van der Waals surface area contributed by atoms with Crippen molar-refractivity contribution < 1.29 is 46.5 Å². The number of rotatable bonds is 9. The van der Waals surface area contributed by atoms with Crippen LogP contribution < -0.4 is 19.5 Å². The Bertz CT molecular complexity index is 2060. The van der Waals surface area contributed by atoms with E-state index in [1.165, 1.54) is 23.0 Å². The summed E-state index contributed by atoms with van der Waals surface area (Å²) < 4.78 is 52.3. The highest BCUT2D eigenvalue weighted by atomic mass is 32.2. The van der Waals surface area contributed by atoms with Gasteiger partial charge in [-0.15, -0.1) is 0 Å². The lowest BCUT2D eigenvalue weighted by molar-refractivity contribution is -0.153. The molecule has 1 saturated heterocycles. The Morgan fingerprint density at radius 3 is 2.18 bits per heavy atom. The molecule has 0 spiro atoms. The fraction of sp³-hybridized carbons (Fsp3) is 0.500. The third-order valence-electron chi connectivity index (χ3n) is 11.1. The Morgan fingerprint density at radius 1 is 0.891 bits per heavy atom. The van der Waals surface area contributed by atoms with Crippen molar-refractivity contribution in [2.45, 2.75) is 102 Å². The van der Waals surface area contributed by atoms with Crippen LogP contribution in [-0.4, -0.2) is 86.8 Å². The van der Waals surface area contributed by atoms with E-state index in [0.29, 0.717) is 37.4 Å². The summed E-state index contributed by atoms with van der Waals surface area (Å²) in [5.74, 6) is -0.942. The lowest BCUT2D eigenvalue weighted by Crippen LogP contribution is -2.61. The van der Waals surface area contributed by atoms with Crippen LogP contribution in [0.5, 0.6) is 11.5 Å². The Hall–Kier alpha value is -4.89. The van der Waals surface area contributed by atoms with E-state index in [2.05, 4.69) is 10.0 Å². The highest BCUT2D eigenvalue weighted by Gasteiger charge is 2.48. The maximum absolute atomic E-state index is 14.5. The van der Waals surface area contributed by atoms with Crippen LogP contribution in [0.15, 0.2) is 59.5 Å². The lowest BCUT2D eigenvalue weighted by Gasteiger charge is -2.37. The van der Waals surface area contributed by atoms with E-state index in [-0.39, 0.29) is 30.6 Å². The summed E-state index contributed by atoms with van der Waals surface area (Å²) in [4.78, 5) is 58.2. The minimum atomic E-state index is -4.15. The number of hydrogen-bond acceptors (Lipinski definition) is 10. The normalized spacial score (nSPS) is 20.9. The van der Waals surface area contributed by atoms with E-state index in [1.54, 1.807) is 32.9 Å². The third-order valence-corrected chi connectivity index (χ3v) is 12.5. The van der Waals surface area contributed by atoms with Crippen molar-refractivity contribution in [3.8, 4) is 11.5 Å². The Labute approximate surface area is 320 Å². The molecule has 0 radical (unpaired) electrons. The number of amides is 3. The second kappa shape index (κ2) is 15.3. The molecular weight excluding hydrogens is 729 g/mol. The van der Waals surface area contributed by atoms with E-state index >= 15 is 0 Å². The monoisotopic (exact) mass is 776 g/mol. The number of carbonyl (C=O) groups is 4. The molecule has 0 bridgehead atoms. The molecular formula is C40H48N4O10S. The Morgan fingerprint density at radius 2 is 1.55 bits per heavy atom. The van der Waals surface area contributed by atoms with Gasteiger partial charge in [-0.1, -0.05) is 70.4 Å². The van der Waals surface area contributed by atoms with Gasteiger partial charge >= 0.3 is 12.1 Å². The molecule has 294 valence electrons. The van der Waals surface area contributed by atoms with Crippen LogP contribution in [0.1, 0.15) is 70.4 Å². The number of nitrogens with zero attached hydrogens (tertiary/aromatic N) is 2. The molecule has 14 nitrogen and oxygen atoms in total. The third kappa shape index (κ3) is 8.08. The molecule has 3 heterocycles. The average Bonchev–Trinajstić information content (AvgIpc) is 3.92. The number of benzene rings is 3.